The van der Waals surface area contributed by atoms with E-state index in [1.165, 1.54) is 18.9 Å². The van der Waals surface area contributed by atoms with E-state index < -0.39 is 24.0 Å². The topological polar surface area (TPSA) is 108 Å². The second-order valence-corrected chi connectivity index (χ2v) is 8.38. The summed E-state index contributed by atoms with van der Waals surface area (Å²) in [7, 11) is 1.25. The van der Waals surface area contributed by atoms with Crippen molar-refractivity contribution in [2.75, 3.05) is 32.1 Å². The Labute approximate surface area is 188 Å². The first-order chi connectivity index (χ1) is 15.4. The molecule has 4 amide bonds. The number of anilines is 1. The molecular formula is C23H32N4O5. The maximum absolute atomic E-state index is 13.2. The molecule has 9 nitrogen and oxygen atoms in total. The van der Waals surface area contributed by atoms with Gasteiger partial charge in [-0.05, 0) is 31.9 Å². The number of ether oxygens (including phenoxy) is 1. The molecule has 2 fully saturated rings. The fraction of sp³-hybridized carbons (Fsp3) is 0.565. The van der Waals surface area contributed by atoms with Crippen molar-refractivity contribution in [2.24, 2.45) is 5.92 Å². The van der Waals surface area contributed by atoms with Gasteiger partial charge in [0.2, 0.25) is 11.8 Å². The number of para-hydroxylation sites is 1. The van der Waals surface area contributed by atoms with E-state index in [0.29, 0.717) is 12.2 Å². The van der Waals surface area contributed by atoms with Gasteiger partial charge in [0.25, 0.3) is 0 Å². The molecule has 2 N–H and O–H groups in total. The average Bonchev–Trinajstić information content (AvgIpc) is 2.83. The molecule has 1 heterocycles. The van der Waals surface area contributed by atoms with Gasteiger partial charge in [-0.25, -0.2) is 9.59 Å². The van der Waals surface area contributed by atoms with Crippen molar-refractivity contribution in [1.29, 1.82) is 0 Å². The number of piperazine rings is 1. The summed E-state index contributed by atoms with van der Waals surface area (Å²) in [4.78, 5) is 54.0. The van der Waals surface area contributed by atoms with Gasteiger partial charge in [0.1, 0.15) is 12.1 Å². The largest absolute Gasteiger partial charge is 0.467 e. The lowest BCUT2D eigenvalue weighted by Gasteiger charge is -2.42. The number of carbonyl (C=O) groups excluding carboxylic acids is 4. The van der Waals surface area contributed by atoms with Crippen molar-refractivity contribution in [3.63, 3.8) is 0 Å². The molecule has 0 unspecified atom stereocenters. The Kier molecular flexibility index (Phi) is 8.08. The first kappa shape index (κ1) is 23.6. The normalized spacial score (nSPS) is 20.2. The van der Waals surface area contributed by atoms with E-state index in [1.807, 2.05) is 18.2 Å². The summed E-state index contributed by atoms with van der Waals surface area (Å²) < 4.78 is 4.69. The summed E-state index contributed by atoms with van der Waals surface area (Å²) in [6.07, 6.45) is 4.77. The van der Waals surface area contributed by atoms with Gasteiger partial charge in [-0.3, -0.25) is 9.59 Å². The number of nitrogens with zero attached hydrogens (tertiary/aromatic N) is 2. The van der Waals surface area contributed by atoms with Gasteiger partial charge in [-0.15, -0.1) is 0 Å². The fourth-order valence-corrected chi connectivity index (χ4v) is 4.31. The zero-order chi connectivity index (χ0) is 23.1. The lowest BCUT2D eigenvalue weighted by atomic mass is 9.87. The summed E-state index contributed by atoms with van der Waals surface area (Å²) in [6, 6.07) is 7.00. The highest BCUT2D eigenvalue weighted by atomic mass is 16.5. The van der Waals surface area contributed by atoms with Crippen molar-refractivity contribution in [3.8, 4) is 0 Å². The van der Waals surface area contributed by atoms with E-state index in [0.717, 1.165) is 32.1 Å². The summed E-state index contributed by atoms with van der Waals surface area (Å²) in [5.74, 6) is -1.18. The second-order valence-electron chi connectivity index (χ2n) is 8.38. The lowest BCUT2D eigenvalue weighted by Crippen LogP contribution is -2.63. The Morgan fingerprint density at radius 1 is 1.03 bits per heavy atom. The monoisotopic (exact) mass is 444 g/mol. The number of benzene rings is 1. The van der Waals surface area contributed by atoms with Crippen LogP contribution in [0.1, 0.15) is 39.0 Å². The molecule has 1 aliphatic heterocycles. The summed E-state index contributed by atoms with van der Waals surface area (Å²) >= 11 is 0. The third-order valence-electron chi connectivity index (χ3n) is 6.15. The van der Waals surface area contributed by atoms with Crippen LogP contribution < -0.4 is 10.6 Å². The zero-order valence-corrected chi connectivity index (χ0v) is 18.7. The van der Waals surface area contributed by atoms with Crippen molar-refractivity contribution >= 4 is 29.5 Å². The van der Waals surface area contributed by atoms with E-state index in [-0.39, 0.29) is 30.9 Å². The smallest absolute Gasteiger partial charge is 0.328 e. The second kappa shape index (κ2) is 11.0. The molecule has 3 rings (SSSR count). The molecule has 9 heteroatoms. The number of urea groups is 1. The minimum Gasteiger partial charge on any atom is -0.467 e. The predicted octanol–water partition coefficient (Wildman–Crippen LogP) is 1.99. The number of hydrogen-bond acceptors (Lipinski definition) is 5. The minimum atomic E-state index is -0.869. The van der Waals surface area contributed by atoms with Gasteiger partial charge in [0.15, 0.2) is 0 Å². The maximum atomic E-state index is 13.2. The molecule has 0 spiro atoms. The van der Waals surface area contributed by atoms with Crippen LogP contribution in [0, 0.1) is 5.92 Å². The van der Waals surface area contributed by atoms with Gasteiger partial charge in [-0.1, -0.05) is 37.5 Å². The first-order valence-corrected chi connectivity index (χ1v) is 11.2. The third-order valence-corrected chi connectivity index (χ3v) is 6.15. The molecule has 1 saturated carbocycles. The number of hydrogen-bond donors (Lipinski definition) is 2. The van der Waals surface area contributed by atoms with Gasteiger partial charge in [-0.2, -0.15) is 0 Å². The summed E-state index contributed by atoms with van der Waals surface area (Å²) in [6.45, 7) is 2.17. The predicted molar refractivity (Wildman–Crippen MR) is 119 cm³/mol. The third kappa shape index (κ3) is 5.77. The molecule has 1 aromatic rings. The van der Waals surface area contributed by atoms with Crippen LogP contribution in [0.15, 0.2) is 30.3 Å². The molecule has 2 aliphatic rings. The Balaban J connectivity index is 1.73. The molecule has 0 aromatic heterocycles. The van der Waals surface area contributed by atoms with Crippen LogP contribution in [0.2, 0.25) is 0 Å². The Hall–Kier alpha value is -3.10. The quantitative estimate of drug-likeness (QED) is 0.676. The van der Waals surface area contributed by atoms with Crippen LogP contribution in [0.5, 0.6) is 0 Å². The van der Waals surface area contributed by atoms with Crippen LogP contribution in [-0.4, -0.2) is 72.4 Å². The number of nitrogens with one attached hydrogen (secondary N) is 2. The van der Waals surface area contributed by atoms with Crippen molar-refractivity contribution < 1.29 is 23.9 Å². The number of esters is 1. The maximum Gasteiger partial charge on any atom is 0.328 e. The molecule has 174 valence electrons. The number of amides is 4. The fourth-order valence-electron chi connectivity index (χ4n) is 4.31. The lowest BCUT2D eigenvalue weighted by molar-refractivity contribution is -0.149. The van der Waals surface area contributed by atoms with E-state index >= 15 is 0 Å². The SMILES string of the molecule is COC(=O)[C@@H](C)NC(=O)[C@H]1CN(C(=O)Nc2ccccc2)CCN1C(=O)C1CCCCC1. The Bertz CT molecular complexity index is 825. The standard InChI is InChI=1S/C23H32N4O5/c1-16(22(30)32-2)24-20(28)19-15-26(23(31)25-18-11-7-4-8-12-18)13-14-27(19)21(29)17-9-5-3-6-10-17/h4,7-8,11-12,16-17,19H,3,5-6,9-10,13-15H2,1-2H3,(H,24,28)(H,25,31)/t16-,19-/m1/s1. The van der Waals surface area contributed by atoms with Gasteiger partial charge in [0.05, 0.1) is 13.7 Å². The van der Waals surface area contributed by atoms with Gasteiger partial charge < -0.3 is 25.2 Å². The van der Waals surface area contributed by atoms with E-state index in [1.54, 1.807) is 17.0 Å². The molecule has 0 radical (unpaired) electrons. The van der Waals surface area contributed by atoms with E-state index in [4.69, 9.17) is 0 Å². The molecule has 1 aliphatic carbocycles. The van der Waals surface area contributed by atoms with Gasteiger partial charge in [0, 0.05) is 24.7 Å². The summed E-state index contributed by atoms with van der Waals surface area (Å²) in [5, 5.41) is 5.46. The van der Waals surface area contributed by atoms with Crippen LogP contribution in [-0.2, 0) is 19.1 Å². The number of methoxy groups -OCH3 is 1. The number of carbonyl (C=O) groups is 4. The molecule has 32 heavy (non-hydrogen) atoms. The van der Waals surface area contributed by atoms with Crippen molar-refractivity contribution in [3.05, 3.63) is 30.3 Å². The van der Waals surface area contributed by atoms with Crippen LogP contribution >= 0.6 is 0 Å². The Morgan fingerprint density at radius 2 is 1.72 bits per heavy atom. The van der Waals surface area contributed by atoms with E-state index in [9.17, 15) is 19.2 Å². The highest BCUT2D eigenvalue weighted by Crippen LogP contribution is 2.27. The average molecular weight is 445 g/mol. The number of rotatable bonds is 5. The molecule has 1 aromatic carbocycles. The van der Waals surface area contributed by atoms with Gasteiger partial charge >= 0.3 is 12.0 Å². The molecule has 0 bridgehead atoms. The molecular weight excluding hydrogens is 412 g/mol. The van der Waals surface area contributed by atoms with Crippen molar-refractivity contribution in [1.82, 2.24) is 15.1 Å². The highest BCUT2D eigenvalue weighted by molar-refractivity contribution is 5.94. The Morgan fingerprint density at radius 3 is 2.38 bits per heavy atom. The highest BCUT2D eigenvalue weighted by Gasteiger charge is 2.40. The van der Waals surface area contributed by atoms with Crippen LogP contribution in [0.25, 0.3) is 0 Å². The zero-order valence-electron chi connectivity index (χ0n) is 18.7. The first-order valence-electron chi connectivity index (χ1n) is 11.2. The van der Waals surface area contributed by atoms with E-state index in [2.05, 4.69) is 15.4 Å². The molecule has 1 saturated heterocycles. The summed E-state index contributed by atoms with van der Waals surface area (Å²) in [5.41, 5.74) is 0.651. The molecule has 2 atom stereocenters. The van der Waals surface area contributed by atoms with Crippen molar-refractivity contribution in [2.45, 2.75) is 51.1 Å². The van der Waals surface area contributed by atoms with Crippen LogP contribution in [0.4, 0.5) is 10.5 Å². The van der Waals surface area contributed by atoms with Crippen LogP contribution in [0.3, 0.4) is 0 Å². The minimum absolute atomic E-state index is 0.0429.